The van der Waals surface area contributed by atoms with Gasteiger partial charge in [0.2, 0.25) is 17.6 Å². The molecular formula is C33H36ClN5O6. The lowest BCUT2D eigenvalue weighted by Crippen LogP contribution is -2.56. The summed E-state index contributed by atoms with van der Waals surface area (Å²) in [5, 5.41) is 10.3. The summed E-state index contributed by atoms with van der Waals surface area (Å²) in [5.41, 5.74) is 1.79. The summed E-state index contributed by atoms with van der Waals surface area (Å²) in [5.74, 6) is -2.65. The van der Waals surface area contributed by atoms with Crippen molar-refractivity contribution in [2.75, 3.05) is 6.54 Å². The number of nitrogens with one attached hydrogen (secondary N) is 2. The fourth-order valence-corrected chi connectivity index (χ4v) is 6.57. The lowest BCUT2D eigenvalue weighted by molar-refractivity contribution is -0.144. The van der Waals surface area contributed by atoms with Gasteiger partial charge >= 0.3 is 0 Å². The molecule has 4 amide bonds. The molecule has 1 spiro atoms. The number of likely N-dealkylation sites (tertiary alicyclic amines) is 1. The van der Waals surface area contributed by atoms with Crippen molar-refractivity contribution in [2.24, 2.45) is 5.16 Å². The van der Waals surface area contributed by atoms with Crippen LogP contribution in [0.4, 0.5) is 0 Å². The van der Waals surface area contributed by atoms with Crippen molar-refractivity contribution < 1.29 is 28.8 Å². The second kappa shape index (κ2) is 12.3. The lowest BCUT2D eigenvalue weighted by atomic mass is 9.91. The van der Waals surface area contributed by atoms with Crippen molar-refractivity contribution in [2.45, 2.75) is 88.7 Å². The highest BCUT2D eigenvalue weighted by atomic mass is 35.5. The van der Waals surface area contributed by atoms with Gasteiger partial charge in [-0.05, 0) is 49.9 Å². The number of amides is 4. The molecule has 0 bridgehead atoms. The SMILES string of the molecule is CCC[C@H](NC(=O)[C@@H]1C[C@]2(CC(c3cccc(Cl)c3)=NO2)CN1C(=O)C(C)N1Cc2ccccc2C1=O)C(=O)C(=O)NC1CC1. The van der Waals surface area contributed by atoms with Crippen LogP contribution in [0.1, 0.15) is 73.9 Å². The first-order valence-corrected chi connectivity index (χ1v) is 15.8. The van der Waals surface area contributed by atoms with E-state index in [-0.39, 0.29) is 37.9 Å². The highest BCUT2D eigenvalue weighted by molar-refractivity contribution is 6.38. The van der Waals surface area contributed by atoms with E-state index < -0.39 is 47.2 Å². The van der Waals surface area contributed by atoms with E-state index in [0.29, 0.717) is 29.1 Å². The maximum Gasteiger partial charge on any atom is 0.289 e. The summed E-state index contributed by atoms with van der Waals surface area (Å²) in [6.45, 7) is 3.84. The Balaban J connectivity index is 1.24. The number of benzene rings is 2. The number of ketones is 1. The summed E-state index contributed by atoms with van der Waals surface area (Å²) in [6.07, 6.45) is 2.91. The van der Waals surface area contributed by atoms with E-state index in [9.17, 15) is 24.0 Å². The first-order valence-electron chi connectivity index (χ1n) is 15.4. The molecule has 0 radical (unpaired) electrons. The molecule has 6 rings (SSSR count). The second-order valence-electron chi connectivity index (χ2n) is 12.4. The molecule has 11 nitrogen and oxygen atoms in total. The number of oxime groups is 1. The topological polar surface area (TPSA) is 137 Å². The first-order chi connectivity index (χ1) is 21.6. The van der Waals surface area contributed by atoms with Crippen LogP contribution in [0.15, 0.2) is 53.7 Å². The molecule has 1 saturated heterocycles. The number of rotatable bonds is 10. The summed E-state index contributed by atoms with van der Waals surface area (Å²) in [6, 6.07) is 11.5. The van der Waals surface area contributed by atoms with E-state index in [4.69, 9.17) is 16.4 Å². The number of hydrogen-bond acceptors (Lipinski definition) is 7. The van der Waals surface area contributed by atoms with Crippen molar-refractivity contribution in [1.29, 1.82) is 0 Å². The largest absolute Gasteiger partial charge is 0.387 e. The molecule has 12 heteroatoms. The van der Waals surface area contributed by atoms with Crippen molar-refractivity contribution in [3.63, 3.8) is 0 Å². The van der Waals surface area contributed by atoms with Crippen molar-refractivity contribution in [3.05, 3.63) is 70.2 Å². The van der Waals surface area contributed by atoms with Gasteiger partial charge in [-0.2, -0.15) is 0 Å². The average Bonchev–Trinajstić information content (AvgIpc) is 3.48. The summed E-state index contributed by atoms with van der Waals surface area (Å²) in [7, 11) is 0. The average molecular weight is 634 g/mol. The fraction of sp³-hybridized carbons (Fsp3) is 0.455. The number of halogens is 1. The minimum absolute atomic E-state index is 0.00337. The number of Topliss-reactive ketones (excluding diaryl/α,β-unsaturated/α-hetero) is 1. The summed E-state index contributed by atoms with van der Waals surface area (Å²) < 4.78 is 0. The Hall–Kier alpha value is -4.25. The van der Waals surface area contributed by atoms with E-state index in [1.165, 1.54) is 9.80 Å². The number of hydrogen-bond donors (Lipinski definition) is 2. The highest BCUT2D eigenvalue weighted by Gasteiger charge is 2.55. The van der Waals surface area contributed by atoms with Crippen LogP contribution < -0.4 is 10.6 Å². The highest BCUT2D eigenvalue weighted by Crippen LogP contribution is 2.40. The molecule has 1 aliphatic carbocycles. The predicted octanol–water partition coefficient (Wildman–Crippen LogP) is 2.98. The molecule has 4 atom stereocenters. The minimum Gasteiger partial charge on any atom is -0.387 e. The van der Waals surface area contributed by atoms with Gasteiger partial charge in [-0.15, -0.1) is 0 Å². The van der Waals surface area contributed by atoms with E-state index in [0.717, 1.165) is 24.0 Å². The molecule has 4 aliphatic rings. The zero-order valence-corrected chi connectivity index (χ0v) is 26.0. The van der Waals surface area contributed by atoms with Gasteiger partial charge in [-0.1, -0.05) is 60.4 Å². The number of nitrogens with zero attached hydrogens (tertiary/aromatic N) is 3. The van der Waals surface area contributed by atoms with Gasteiger partial charge in [-0.3, -0.25) is 24.0 Å². The van der Waals surface area contributed by atoms with Crippen LogP contribution in [0.25, 0.3) is 0 Å². The monoisotopic (exact) mass is 633 g/mol. The molecule has 2 aromatic carbocycles. The molecule has 2 aromatic rings. The Bertz CT molecular complexity index is 1590. The van der Waals surface area contributed by atoms with E-state index in [1.54, 1.807) is 31.2 Å². The van der Waals surface area contributed by atoms with Gasteiger partial charge < -0.3 is 25.3 Å². The van der Waals surface area contributed by atoms with Crippen LogP contribution in [0.5, 0.6) is 0 Å². The van der Waals surface area contributed by atoms with Crippen LogP contribution in [0, 0.1) is 0 Å². The van der Waals surface area contributed by atoms with Gasteiger partial charge in [0, 0.05) is 41.6 Å². The molecule has 1 unspecified atom stereocenters. The molecule has 2 fully saturated rings. The Morgan fingerprint density at radius 3 is 2.62 bits per heavy atom. The van der Waals surface area contributed by atoms with E-state index in [2.05, 4.69) is 15.8 Å². The van der Waals surface area contributed by atoms with Gasteiger partial charge in [0.1, 0.15) is 12.1 Å². The number of fused-ring (bicyclic) bond motifs is 1. The van der Waals surface area contributed by atoms with Crippen LogP contribution in [0.2, 0.25) is 5.02 Å². The Morgan fingerprint density at radius 2 is 1.91 bits per heavy atom. The molecule has 0 aromatic heterocycles. The molecule has 3 aliphatic heterocycles. The minimum atomic E-state index is -1.04. The fourth-order valence-electron chi connectivity index (χ4n) is 6.38. The molecule has 236 valence electrons. The maximum absolute atomic E-state index is 14.2. The standard InChI is InChI=1S/C33H36ClN5O6/c1-3-7-25(28(40)30(42)35-23-12-13-23)36-29(41)27-16-33(15-26(37-45-33)20-9-6-10-22(34)14-20)18-39(27)31(43)19(2)38-17-21-8-4-5-11-24(21)32(38)44/h4-6,8-11,14,19,23,25,27H,3,7,12-13,15-18H2,1-2H3,(H,35,42)(H,36,41)/t19?,25-,27-,33+/m0/s1. The zero-order chi connectivity index (χ0) is 31.9. The quantitative estimate of drug-likeness (QED) is 0.386. The summed E-state index contributed by atoms with van der Waals surface area (Å²) >= 11 is 6.21. The smallest absolute Gasteiger partial charge is 0.289 e. The lowest BCUT2D eigenvalue weighted by Gasteiger charge is -2.31. The Labute approximate surface area is 266 Å². The molecule has 2 N–H and O–H groups in total. The third-order valence-electron chi connectivity index (χ3n) is 9.00. The summed E-state index contributed by atoms with van der Waals surface area (Å²) in [4.78, 5) is 75.9. The van der Waals surface area contributed by atoms with Gasteiger partial charge in [0.05, 0.1) is 18.3 Å². The van der Waals surface area contributed by atoms with Crippen LogP contribution >= 0.6 is 11.6 Å². The first kappa shape index (κ1) is 30.8. The van der Waals surface area contributed by atoms with Gasteiger partial charge in [-0.25, -0.2) is 0 Å². The van der Waals surface area contributed by atoms with Crippen molar-refractivity contribution in [3.8, 4) is 0 Å². The molecule has 1 saturated carbocycles. The van der Waals surface area contributed by atoms with Crippen molar-refractivity contribution >= 4 is 46.7 Å². The third-order valence-corrected chi connectivity index (χ3v) is 9.24. The molecule has 3 heterocycles. The van der Waals surface area contributed by atoms with Crippen molar-refractivity contribution in [1.82, 2.24) is 20.4 Å². The van der Waals surface area contributed by atoms with Gasteiger partial charge in [0.25, 0.3) is 11.8 Å². The number of carbonyl (C=O) groups is 5. The molecular weight excluding hydrogens is 598 g/mol. The third kappa shape index (κ3) is 6.18. The van der Waals surface area contributed by atoms with Crippen LogP contribution in [-0.2, 0) is 30.6 Å². The predicted molar refractivity (Wildman–Crippen MR) is 165 cm³/mol. The number of carbonyl (C=O) groups excluding carboxylic acids is 5. The second-order valence-corrected chi connectivity index (χ2v) is 12.8. The van der Waals surface area contributed by atoms with E-state index >= 15 is 0 Å². The zero-order valence-electron chi connectivity index (χ0n) is 25.3. The normalized spacial score (nSPS) is 23.3. The molecule has 45 heavy (non-hydrogen) atoms. The Kier molecular flexibility index (Phi) is 8.39. The maximum atomic E-state index is 14.2. The van der Waals surface area contributed by atoms with E-state index in [1.807, 2.05) is 31.2 Å². The Morgan fingerprint density at radius 1 is 1.13 bits per heavy atom. The van der Waals surface area contributed by atoms with Gasteiger partial charge in [0.15, 0.2) is 5.60 Å². The van der Waals surface area contributed by atoms with Crippen LogP contribution in [-0.4, -0.2) is 81.2 Å². The van der Waals surface area contributed by atoms with Crippen LogP contribution in [0.3, 0.4) is 0 Å².